The summed E-state index contributed by atoms with van der Waals surface area (Å²) >= 11 is 0. The van der Waals surface area contributed by atoms with Gasteiger partial charge in [0.15, 0.2) is 17.5 Å². The Morgan fingerprint density at radius 3 is 2.48 bits per heavy atom. The maximum absolute atomic E-state index is 13.2. The zero-order valence-electron chi connectivity index (χ0n) is 16.5. The average Bonchev–Trinajstić information content (AvgIpc) is 2.65. The van der Waals surface area contributed by atoms with Crippen LogP contribution in [0.5, 0.6) is 11.5 Å². The number of halogens is 4. The Labute approximate surface area is 185 Å². The lowest BCUT2D eigenvalue weighted by Gasteiger charge is -2.14. The van der Waals surface area contributed by atoms with Gasteiger partial charge in [-0.3, -0.25) is 4.99 Å². The number of hydrogen-bond acceptors (Lipinski definition) is 3. The zero-order chi connectivity index (χ0) is 20.5. The highest BCUT2D eigenvalue weighted by Crippen LogP contribution is 2.29. The SMILES string of the molecule is CN=C(NCCc1ccc(F)cc1C)NCc1ccc(OC)c(OC(F)F)c1.I. The molecule has 160 valence electrons. The second-order valence-electron chi connectivity index (χ2n) is 6.04. The summed E-state index contributed by atoms with van der Waals surface area (Å²) in [5.41, 5.74) is 2.68. The monoisotopic (exact) mass is 523 g/mol. The van der Waals surface area contributed by atoms with E-state index in [9.17, 15) is 13.2 Å². The van der Waals surface area contributed by atoms with Gasteiger partial charge in [0, 0.05) is 20.1 Å². The van der Waals surface area contributed by atoms with Gasteiger partial charge in [0.05, 0.1) is 7.11 Å². The Balaban J connectivity index is 0.00000420. The zero-order valence-corrected chi connectivity index (χ0v) is 18.8. The van der Waals surface area contributed by atoms with Gasteiger partial charge in [0.2, 0.25) is 0 Å². The van der Waals surface area contributed by atoms with E-state index in [0.29, 0.717) is 25.5 Å². The molecule has 2 aromatic carbocycles. The first-order chi connectivity index (χ1) is 13.4. The van der Waals surface area contributed by atoms with Crippen LogP contribution < -0.4 is 20.1 Å². The van der Waals surface area contributed by atoms with E-state index in [0.717, 1.165) is 16.7 Å². The lowest BCUT2D eigenvalue weighted by Crippen LogP contribution is -2.37. The van der Waals surface area contributed by atoms with Crippen LogP contribution in [0.2, 0.25) is 0 Å². The van der Waals surface area contributed by atoms with Gasteiger partial charge in [0.1, 0.15) is 5.82 Å². The summed E-state index contributed by atoms with van der Waals surface area (Å²) in [6, 6.07) is 9.53. The number of guanidine groups is 1. The molecule has 0 atom stereocenters. The molecule has 0 aliphatic rings. The molecule has 0 saturated carbocycles. The fourth-order valence-electron chi connectivity index (χ4n) is 2.68. The predicted molar refractivity (Wildman–Crippen MR) is 118 cm³/mol. The highest BCUT2D eigenvalue weighted by molar-refractivity contribution is 14.0. The van der Waals surface area contributed by atoms with Crippen molar-refractivity contribution in [3.05, 3.63) is 58.9 Å². The molecule has 0 fully saturated rings. The van der Waals surface area contributed by atoms with Crippen LogP contribution in [0.4, 0.5) is 13.2 Å². The Morgan fingerprint density at radius 1 is 1.10 bits per heavy atom. The van der Waals surface area contributed by atoms with Gasteiger partial charge in [-0.05, 0) is 54.3 Å². The summed E-state index contributed by atoms with van der Waals surface area (Å²) in [6.07, 6.45) is 0.710. The van der Waals surface area contributed by atoms with Crippen LogP contribution >= 0.6 is 24.0 Å². The smallest absolute Gasteiger partial charge is 0.387 e. The lowest BCUT2D eigenvalue weighted by molar-refractivity contribution is -0.0512. The third-order valence-corrected chi connectivity index (χ3v) is 4.12. The van der Waals surface area contributed by atoms with Gasteiger partial charge >= 0.3 is 6.61 Å². The Hall–Kier alpha value is -2.17. The van der Waals surface area contributed by atoms with Crippen LogP contribution in [0.1, 0.15) is 16.7 Å². The number of aliphatic imine (C=N–C) groups is 1. The molecule has 0 spiro atoms. The maximum atomic E-state index is 13.2. The Kier molecular flexibility index (Phi) is 10.6. The van der Waals surface area contributed by atoms with Crippen LogP contribution in [-0.4, -0.2) is 33.3 Å². The van der Waals surface area contributed by atoms with Gasteiger partial charge in [-0.1, -0.05) is 12.1 Å². The number of hydrogen-bond donors (Lipinski definition) is 2. The fourth-order valence-corrected chi connectivity index (χ4v) is 2.68. The van der Waals surface area contributed by atoms with E-state index >= 15 is 0 Å². The van der Waals surface area contributed by atoms with E-state index in [1.807, 2.05) is 6.92 Å². The normalized spacial score (nSPS) is 11.1. The Bertz CT molecular complexity index is 820. The van der Waals surface area contributed by atoms with Crippen LogP contribution in [-0.2, 0) is 13.0 Å². The predicted octanol–water partition coefficient (Wildman–Crippen LogP) is 4.27. The van der Waals surface area contributed by atoms with Gasteiger partial charge in [-0.25, -0.2) is 4.39 Å². The van der Waals surface area contributed by atoms with E-state index in [4.69, 9.17) is 4.74 Å². The minimum absolute atomic E-state index is 0. The molecule has 0 unspecified atom stereocenters. The van der Waals surface area contributed by atoms with E-state index in [1.165, 1.54) is 25.3 Å². The molecule has 0 aliphatic heterocycles. The van der Waals surface area contributed by atoms with E-state index in [2.05, 4.69) is 20.4 Å². The van der Waals surface area contributed by atoms with Crippen molar-refractivity contribution in [2.45, 2.75) is 26.5 Å². The molecular weight excluding hydrogens is 498 g/mol. The van der Waals surface area contributed by atoms with E-state index < -0.39 is 6.61 Å². The summed E-state index contributed by atoms with van der Waals surface area (Å²) in [7, 11) is 3.03. The molecule has 2 aromatic rings. The van der Waals surface area contributed by atoms with E-state index in [1.54, 1.807) is 25.2 Å². The highest BCUT2D eigenvalue weighted by Gasteiger charge is 2.11. The molecule has 0 radical (unpaired) electrons. The number of alkyl halides is 2. The van der Waals surface area contributed by atoms with Crippen molar-refractivity contribution < 1.29 is 22.6 Å². The third kappa shape index (κ3) is 8.00. The standard InChI is InChI=1S/C20H24F3N3O2.HI/c1-13-10-16(21)6-5-15(13)8-9-25-20(24-2)26-12-14-4-7-17(27-3)18(11-14)28-19(22)23;/h4-7,10-11,19H,8-9,12H2,1-3H3,(H2,24,25,26);1H. The van der Waals surface area contributed by atoms with Crippen molar-refractivity contribution in [2.75, 3.05) is 20.7 Å². The molecule has 0 saturated heterocycles. The molecule has 0 heterocycles. The largest absolute Gasteiger partial charge is 0.493 e. The van der Waals surface area contributed by atoms with Gasteiger partial charge in [-0.2, -0.15) is 8.78 Å². The molecule has 29 heavy (non-hydrogen) atoms. The van der Waals surface area contributed by atoms with Gasteiger partial charge in [0.25, 0.3) is 0 Å². The maximum Gasteiger partial charge on any atom is 0.387 e. The van der Waals surface area contributed by atoms with Crippen molar-refractivity contribution in [1.29, 1.82) is 0 Å². The molecule has 2 N–H and O–H groups in total. The van der Waals surface area contributed by atoms with Crippen LogP contribution in [0.3, 0.4) is 0 Å². The third-order valence-electron chi connectivity index (χ3n) is 4.12. The summed E-state index contributed by atoms with van der Waals surface area (Å²) in [6.45, 7) is -0.0943. The molecule has 0 bridgehead atoms. The first-order valence-corrected chi connectivity index (χ1v) is 8.74. The first-order valence-electron chi connectivity index (χ1n) is 8.74. The molecule has 0 amide bonds. The first kappa shape index (κ1) is 24.9. The van der Waals surface area contributed by atoms with E-state index in [-0.39, 0.29) is 41.3 Å². The quantitative estimate of drug-likeness (QED) is 0.309. The van der Waals surface area contributed by atoms with Crippen LogP contribution in [0.15, 0.2) is 41.4 Å². The van der Waals surface area contributed by atoms with Crippen molar-refractivity contribution in [3.8, 4) is 11.5 Å². The number of aryl methyl sites for hydroxylation is 1. The number of rotatable bonds is 8. The average molecular weight is 523 g/mol. The molecule has 5 nitrogen and oxygen atoms in total. The Morgan fingerprint density at radius 2 is 1.86 bits per heavy atom. The van der Waals surface area contributed by atoms with Crippen molar-refractivity contribution in [2.24, 2.45) is 4.99 Å². The summed E-state index contributed by atoms with van der Waals surface area (Å²) in [5.74, 6) is 0.529. The number of methoxy groups -OCH3 is 1. The number of nitrogens with zero attached hydrogens (tertiary/aromatic N) is 1. The summed E-state index contributed by atoms with van der Waals surface area (Å²) < 4.78 is 47.7. The molecular formula is C20H25F3IN3O2. The minimum atomic E-state index is -2.93. The lowest BCUT2D eigenvalue weighted by atomic mass is 10.1. The second kappa shape index (κ2) is 12.4. The minimum Gasteiger partial charge on any atom is -0.493 e. The topological polar surface area (TPSA) is 54.9 Å². The van der Waals surface area contributed by atoms with Gasteiger partial charge < -0.3 is 20.1 Å². The van der Waals surface area contributed by atoms with Crippen molar-refractivity contribution in [3.63, 3.8) is 0 Å². The van der Waals surface area contributed by atoms with Gasteiger partial charge in [-0.15, -0.1) is 24.0 Å². The van der Waals surface area contributed by atoms with Crippen molar-refractivity contribution >= 4 is 29.9 Å². The second-order valence-corrected chi connectivity index (χ2v) is 6.04. The van der Waals surface area contributed by atoms with Crippen molar-refractivity contribution in [1.82, 2.24) is 10.6 Å². The molecule has 9 heteroatoms. The van der Waals surface area contributed by atoms with Crippen LogP contribution in [0, 0.1) is 12.7 Å². The summed E-state index contributed by atoms with van der Waals surface area (Å²) in [4.78, 5) is 4.13. The summed E-state index contributed by atoms with van der Waals surface area (Å²) in [5, 5.41) is 6.28. The number of nitrogens with one attached hydrogen (secondary N) is 2. The molecule has 0 aliphatic carbocycles. The number of ether oxygens (including phenoxy) is 2. The number of benzene rings is 2. The highest BCUT2D eigenvalue weighted by atomic mass is 127. The molecule has 2 rings (SSSR count). The van der Waals surface area contributed by atoms with Crippen LogP contribution in [0.25, 0.3) is 0 Å². The molecule has 0 aromatic heterocycles. The fraction of sp³-hybridized carbons (Fsp3) is 0.350.